The minimum Gasteiger partial charge on any atom is -0.309 e. The summed E-state index contributed by atoms with van der Waals surface area (Å²) in [6, 6.07) is 0. The van der Waals surface area contributed by atoms with Crippen molar-refractivity contribution in [1.29, 1.82) is 0 Å². The number of nitrogens with zero attached hydrogens (tertiary/aromatic N) is 2. The van der Waals surface area contributed by atoms with E-state index in [9.17, 15) is 0 Å². The molecule has 0 amide bonds. The highest BCUT2D eigenvalue weighted by atomic mass is 15.1. The minimum atomic E-state index is 1.11. The zero-order valence-corrected chi connectivity index (χ0v) is 7.51. The van der Waals surface area contributed by atoms with Gasteiger partial charge in [-0.05, 0) is 20.5 Å². The van der Waals surface area contributed by atoms with Gasteiger partial charge in [0, 0.05) is 6.54 Å². The third kappa shape index (κ3) is 3.37. The van der Waals surface area contributed by atoms with Crippen LogP contribution >= 0.6 is 0 Å². The first-order chi connectivity index (χ1) is 5.29. The van der Waals surface area contributed by atoms with Gasteiger partial charge in [-0.1, -0.05) is 0 Å². The lowest BCUT2D eigenvalue weighted by Crippen LogP contribution is -2.19. The lowest BCUT2D eigenvalue weighted by molar-refractivity contribution is -0.514. The molecule has 0 bridgehead atoms. The first-order valence-electron chi connectivity index (χ1n) is 4.24. The van der Waals surface area contributed by atoms with Crippen molar-refractivity contribution in [3.05, 3.63) is 0 Å². The van der Waals surface area contributed by atoms with Crippen LogP contribution in [0.2, 0.25) is 0 Å². The molecule has 3 nitrogen and oxygen atoms in total. The highest BCUT2D eigenvalue weighted by molar-refractivity contribution is 5.49. The Labute approximate surface area is 68.7 Å². The van der Waals surface area contributed by atoms with Gasteiger partial charge in [0.15, 0.2) is 0 Å². The second kappa shape index (κ2) is 4.34. The summed E-state index contributed by atoms with van der Waals surface area (Å²) < 4.78 is 2.34. The van der Waals surface area contributed by atoms with Gasteiger partial charge in [0.05, 0.1) is 6.54 Å². The van der Waals surface area contributed by atoms with Crippen LogP contribution < -0.4 is 5.32 Å². The monoisotopic (exact) mass is 156 g/mol. The molecule has 64 valence electrons. The van der Waals surface area contributed by atoms with Gasteiger partial charge in [-0.2, -0.15) is 0 Å². The van der Waals surface area contributed by atoms with Crippen LogP contribution in [0.25, 0.3) is 0 Å². The lowest BCUT2D eigenvalue weighted by Gasteiger charge is -2.07. The number of nitrogens with one attached hydrogen (secondary N) is 1. The molecule has 1 rings (SSSR count). The Bertz CT molecular complexity index is 140. The van der Waals surface area contributed by atoms with Gasteiger partial charge in [0.25, 0.3) is 0 Å². The highest BCUT2D eigenvalue weighted by Gasteiger charge is 2.06. The third-order valence-corrected chi connectivity index (χ3v) is 1.87. The van der Waals surface area contributed by atoms with E-state index in [2.05, 4.69) is 35.2 Å². The number of hydrogen-bond acceptors (Lipinski definition) is 2. The number of rotatable bonds is 4. The molecule has 0 aliphatic carbocycles. The standard InChI is InChI=1S/C8H17N3/c1-10(2)5-3-6-11-7-4-9-8-11/h8H,3-7H2,1-2H3/p+1. The van der Waals surface area contributed by atoms with Crippen LogP contribution in [-0.2, 0) is 0 Å². The average molecular weight is 156 g/mol. The normalized spacial score (nSPS) is 16.8. The molecule has 1 aliphatic heterocycles. The van der Waals surface area contributed by atoms with Crippen LogP contribution in [0.3, 0.4) is 0 Å². The van der Waals surface area contributed by atoms with Gasteiger partial charge in [0.2, 0.25) is 6.34 Å². The van der Waals surface area contributed by atoms with E-state index in [0.29, 0.717) is 0 Å². The minimum absolute atomic E-state index is 1.11. The highest BCUT2D eigenvalue weighted by Crippen LogP contribution is 1.86. The van der Waals surface area contributed by atoms with Crippen LogP contribution in [0.5, 0.6) is 0 Å². The summed E-state index contributed by atoms with van der Waals surface area (Å²) in [5.41, 5.74) is 0. The Hall–Kier alpha value is -0.570. The van der Waals surface area contributed by atoms with Gasteiger partial charge >= 0.3 is 0 Å². The van der Waals surface area contributed by atoms with Crippen molar-refractivity contribution in [2.24, 2.45) is 0 Å². The van der Waals surface area contributed by atoms with E-state index in [4.69, 9.17) is 0 Å². The van der Waals surface area contributed by atoms with Gasteiger partial charge in [-0.15, -0.1) is 0 Å². The summed E-state index contributed by atoms with van der Waals surface area (Å²) in [6.07, 6.45) is 3.35. The van der Waals surface area contributed by atoms with Crippen LogP contribution in [0.15, 0.2) is 0 Å². The molecule has 1 heterocycles. The molecule has 0 aromatic rings. The van der Waals surface area contributed by atoms with Crippen molar-refractivity contribution < 1.29 is 4.58 Å². The Balaban J connectivity index is 2.03. The molecule has 3 heteroatoms. The maximum Gasteiger partial charge on any atom is 0.232 e. The van der Waals surface area contributed by atoms with Crippen LogP contribution in [0.4, 0.5) is 0 Å². The third-order valence-electron chi connectivity index (χ3n) is 1.87. The smallest absolute Gasteiger partial charge is 0.232 e. The first kappa shape index (κ1) is 8.53. The molecule has 1 aliphatic rings. The molecule has 1 N–H and O–H groups in total. The summed E-state index contributed by atoms with van der Waals surface area (Å²) in [5.74, 6) is 0. The summed E-state index contributed by atoms with van der Waals surface area (Å²) in [6.45, 7) is 4.66. The molecule has 0 saturated heterocycles. The molecular formula is C8H18N3+. The second-order valence-corrected chi connectivity index (χ2v) is 3.28. The molecule has 0 aromatic carbocycles. The summed E-state index contributed by atoms with van der Waals surface area (Å²) in [7, 11) is 4.23. The van der Waals surface area contributed by atoms with Crippen LogP contribution in [0, 0.1) is 0 Å². The van der Waals surface area contributed by atoms with Crippen LogP contribution in [-0.4, -0.2) is 56.1 Å². The van der Waals surface area contributed by atoms with Gasteiger partial charge < -0.3 is 4.90 Å². The molecule has 0 unspecified atom stereocenters. The summed E-state index contributed by atoms with van der Waals surface area (Å²) in [5, 5.41) is 3.20. The van der Waals surface area contributed by atoms with E-state index in [1.165, 1.54) is 26.1 Å². The maximum absolute atomic E-state index is 3.20. The molecule has 0 radical (unpaired) electrons. The molecule has 0 spiro atoms. The van der Waals surface area contributed by atoms with E-state index in [1.807, 2.05) is 0 Å². The average Bonchev–Trinajstić information content (AvgIpc) is 2.39. The lowest BCUT2D eigenvalue weighted by atomic mass is 10.4. The largest absolute Gasteiger partial charge is 0.309 e. The summed E-state index contributed by atoms with van der Waals surface area (Å²) >= 11 is 0. The molecule has 11 heavy (non-hydrogen) atoms. The Kier molecular flexibility index (Phi) is 3.36. The fraction of sp³-hybridized carbons (Fsp3) is 0.875. The Morgan fingerprint density at radius 2 is 2.36 bits per heavy atom. The Morgan fingerprint density at radius 3 is 2.91 bits per heavy atom. The van der Waals surface area contributed by atoms with E-state index in [1.54, 1.807) is 0 Å². The zero-order valence-electron chi connectivity index (χ0n) is 7.51. The van der Waals surface area contributed by atoms with Crippen molar-refractivity contribution in [2.45, 2.75) is 6.42 Å². The molecule has 0 saturated carbocycles. The van der Waals surface area contributed by atoms with Gasteiger partial charge in [-0.25, -0.2) is 0 Å². The van der Waals surface area contributed by atoms with Crippen LogP contribution in [0.1, 0.15) is 6.42 Å². The van der Waals surface area contributed by atoms with Crippen molar-refractivity contribution in [1.82, 2.24) is 10.2 Å². The van der Waals surface area contributed by atoms with E-state index < -0.39 is 0 Å². The number of hydrogen-bond donors (Lipinski definition) is 1. The fourth-order valence-electron chi connectivity index (χ4n) is 1.23. The first-order valence-corrected chi connectivity index (χ1v) is 4.24. The van der Waals surface area contributed by atoms with E-state index >= 15 is 0 Å². The maximum atomic E-state index is 3.20. The van der Waals surface area contributed by atoms with Gasteiger partial charge in [0.1, 0.15) is 13.1 Å². The quantitative estimate of drug-likeness (QED) is 0.557. The van der Waals surface area contributed by atoms with Crippen molar-refractivity contribution in [2.75, 3.05) is 40.3 Å². The second-order valence-electron chi connectivity index (χ2n) is 3.28. The van der Waals surface area contributed by atoms with Crippen molar-refractivity contribution in [3.8, 4) is 0 Å². The Morgan fingerprint density at radius 1 is 1.55 bits per heavy atom. The fourth-order valence-corrected chi connectivity index (χ4v) is 1.23. The van der Waals surface area contributed by atoms with Crippen molar-refractivity contribution >= 4 is 6.34 Å². The molecule has 0 fully saturated rings. The molecule has 0 atom stereocenters. The SMILES string of the molecule is CN(C)CCC[N+]1=CNCC1. The predicted molar refractivity (Wildman–Crippen MR) is 47.2 cm³/mol. The molecular weight excluding hydrogens is 138 g/mol. The predicted octanol–water partition coefficient (Wildman–Crippen LogP) is -0.418. The topological polar surface area (TPSA) is 18.3 Å². The zero-order chi connectivity index (χ0) is 8.10. The molecule has 0 aromatic heterocycles. The van der Waals surface area contributed by atoms with E-state index in [0.717, 1.165) is 6.54 Å². The van der Waals surface area contributed by atoms with Gasteiger partial charge in [-0.3, -0.25) is 9.89 Å². The van der Waals surface area contributed by atoms with E-state index in [-0.39, 0.29) is 0 Å². The van der Waals surface area contributed by atoms with Crippen molar-refractivity contribution in [3.63, 3.8) is 0 Å². The summed E-state index contributed by atoms with van der Waals surface area (Å²) in [4.78, 5) is 2.23.